The first-order chi connectivity index (χ1) is 3.93. The van der Waals surface area contributed by atoms with E-state index in [0.29, 0.717) is 5.92 Å². The fourth-order valence-corrected chi connectivity index (χ4v) is 0.723. The summed E-state index contributed by atoms with van der Waals surface area (Å²) in [6.45, 7) is 0. The summed E-state index contributed by atoms with van der Waals surface area (Å²) < 4.78 is 0. The maximum absolute atomic E-state index is 6.89. The third-order valence-corrected chi connectivity index (χ3v) is 1.23. The molecule has 0 aliphatic heterocycles. The van der Waals surface area contributed by atoms with Crippen LogP contribution in [0.4, 0.5) is 0 Å². The van der Waals surface area contributed by atoms with Gasteiger partial charge >= 0.3 is 0 Å². The van der Waals surface area contributed by atoms with Gasteiger partial charge < -0.3 is 5.41 Å². The van der Waals surface area contributed by atoms with Crippen LogP contribution in [0.25, 0.3) is 0 Å². The van der Waals surface area contributed by atoms with E-state index in [4.69, 9.17) is 5.41 Å². The van der Waals surface area contributed by atoms with Crippen molar-refractivity contribution in [2.75, 3.05) is 0 Å². The van der Waals surface area contributed by atoms with E-state index < -0.39 is 0 Å². The molecule has 0 amide bonds. The van der Waals surface area contributed by atoms with Crippen molar-refractivity contribution in [3.63, 3.8) is 0 Å². The summed E-state index contributed by atoms with van der Waals surface area (Å²) in [4.78, 5) is 0. The smallest absolute Gasteiger partial charge is 0.0152 e. The van der Waals surface area contributed by atoms with Gasteiger partial charge in [-0.1, -0.05) is 24.3 Å². The van der Waals surface area contributed by atoms with Gasteiger partial charge in [-0.05, 0) is 6.42 Å². The van der Waals surface area contributed by atoms with Crippen molar-refractivity contribution in [3.8, 4) is 0 Å². The largest absolute Gasteiger partial charge is 0.312 e. The fourth-order valence-electron chi connectivity index (χ4n) is 0.723. The molecule has 1 rings (SSSR count). The molecular formula is C7H9N. The third-order valence-electron chi connectivity index (χ3n) is 1.23. The normalized spacial score (nSPS) is 25.8. The van der Waals surface area contributed by atoms with Gasteiger partial charge in [-0.2, -0.15) is 0 Å². The second kappa shape index (κ2) is 2.46. The SMILES string of the molecule is N=C[C@@H]1C=CC=CC1. The zero-order chi connectivity index (χ0) is 5.82. The van der Waals surface area contributed by atoms with Crippen molar-refractivity contribution < 1.29 is 0 Å². The zero-order valence-electron chi connectivity index (χ0n) is 4.67. The van der Waals surface area contributed by atoms with Crippen LogP contribution >= 0.6 is 0 Å². The quantitative estimate of drug-likeness (QED) is 0.494. The van der Waals surface area contributed by atoms with Crippen LogP contribution in [0.1, 0.15) is 6.42 Å². The van der Waals surface area contributed by atoms with Crippen molar-refractivity contribution in [2.24, 2.45) is 5.92 Å². The highest BCUT2D eigenvalue weighted by atomic mass is 14.3. The highest BCUT2D eigenvalue weighted by Crippen LogP contribution is 2.07. The van der Waals surface area contributed by atoms with Gasteiger partial charge in [0.2, 0.25) is 0 Å². The van der Waals surface area contributed by atoms with Crippen LogP contribution < -0.4 is 0 Å². The Hall–Kier alpha value is -0.850. The molecule has 1 atom stereocenters. The second-order valence-electron chi connectivity index (χ2n) is 1.88. The molecule has 0 saturated heterocycles. The van der Waals surface area contributed by atoms with Crippen LogP contribution in [0.2, 0.25) is 0 Å². The maximum Gasteiger partial charge on any atom is 0.0152 e. The molecule has 1 nitrogen and oxygen atoms in total. The van der Waals surface area contributed by atoms with Crippen LogP contribution in [-0.2, 0) is 0 Å². The molecule has 0 aromatic carbocycles. The second-order valence-corrected chi connectivity index (χ2v) is 1.88. The first-order valence-corrected chi connectivity index (χ1v) is 2.77. The van der Waals surface area contributed by atoms with E-state index in [2.05, 4.69) is 6.08 Å². The van der Waals surface area contributed by atoms with Crippen LogP contribution in [0.5, 0.6) is 0 Å². The lowest BCUT2D eigenvalue weighted by atomic mass is 10.0. The molecule has 0 radical (unpaired) electrons. The van der Waals surface area contributed by atoms with Gasteiger partial charge in [0.05, 0.1) is 0 Å². The molecule has 1 N–H and O–H groups in total. The third kappa shape index (κ3) is 1.06. The first-order valence-electron chi connectivity index (χ1n) is 2.77. The Morgan fingerprint density at radius 1 is 1.50 bits per heavy atom. The molecule has 0 bridgehead atoms. The number of hydrogen-bond acceptors (Lipinski definition) is 1. The number of rotatable bonds is 1. The summed E-state index contributed by atoms with van der Waals surface area (Å²) in [7, 11) is 0. The van der Waals surface area contributed by atoms with Crippen LogP contribution in [-0.4, -0.2) is 6.21 Å². The lowest BCUT2D eigenvalue weighted by Gasteiger charge is -2.03. The lowest BCUT2D eigenvalue weighted by molar-refractivity contribution is 0.883. The maximum atomic E-state index is 6.89. The van der Waals surface area contributed by atoms with Gasteiger partial charge in [0.1, 0.15) is 0 Å². The topological polar surface area (TPSA) is 23.9 Å². The van der Waals surface area contributed by atoms with Crippen molar-refractivity contribution in [3.05, 3.63) is 24.3 Å². The minimum Gasteiger partial charge on any atom is -0.312 e. The summed E-state index contributed by atoms with van der Waals surface area (Å²) in [5.74, 6) is 0.361. The summed E-state index contributed by atoms with van der Waals surface area (Å²) >= 11 is 0. The molecule has 8 heavy (non-hydrogen) atoms. The molecule has 0 heterocycles. The van der Waals surface area contributed by atoms with Crippen molar-refractivity contribution >= 4 is 6.21 Å². The van der Waals surface area contributed by atoms with Gasteiger partial charge in [0, 0.05) is 12.1 Å². The van der Waals surface area contributed by atoms with Gasteiger partial charge in [-0.15, -0.1) is 0 Å². The standard InChI is InChI=1S/C7H9N/c8-6-7-4-2-1-3-5-7/h1-4,6-8H,5H2/t7-/m1/s1. The highest BCUT2D eigenvalue weighted by molar-refractivity contribution is 5.60. The lowest BCUT2D eigenvalue weighted by Crippen LogP contribution is -1.96. The Balaban J connectivity index is 2.51. The molecule has 0 spiro atoms. The van der Waals surface area contributed by atoms with Crippen LogP contribution in [0.3, 0.4) is 0 Å². The zero-order valence-corrected chi connectivity index (χ0v) is 4.67. The van der Waals surface area contributed by atoms with E-state index in [1.165, 1.54) is 6.21 Å². The van der Waals surface area contributed by atoms with Crippen molar-refractivity contribution in [1.29, 1.82) is 5.41 Å². The number of allylic oxidation sites excluding steroid dienone is 4. The molecule has 1 aliphatic rings. The average molecular weight is 107 g/mol. The Bertz CT molecular complexity index is 133. The van der Waals surface area contributed by atoms with Crippen molar-refractivity contribution in [2.45, 2.75) is 6.42 Å². The molecular weight excluding hydrogens is 98.1 g/mol. The summed E-state index contributed by atoms with van der Waals surface area (Å²) in [5, 5.41) is 6.89. The summed E-state index contributed by atoms with van der Waals surface area (Å²) in [5.41, 5.74) is 0. The van der Waals surface area contributed by atoms with E-state index in [0.717, 1.165) is 6.42 Å². The van der Waals surface area contributed by atoms with E-state index >= 15 is 0 Å². The Labute approximate surface area is 49.2 Å². The fraction of sp³-hybridized carbons (Fsp3) is 0.286. The molecule has 0 aromatic rings. The molecule has 1 heteroatoms. The highest BCUT2D eigenvalue weighted by Gasteiger charge is 1.97. The predicted octanol–water partition coefficient (Wildman–Crippen LogP) is 1.77. The number of nitrogens with one attached hydrogen (secondary N) is 1. The monoisotopic (exact) mass is 107 g/mol. The molecule has 1 aliphatic carbocycles. The molecule has 0 saturated carbocycles. The number of hydrogen-bond donors (Lipinski definition) is 1. The average Bonchev–Trinajstić information content (AvgIpc) is 1.90. The predicted molar refractivity (Wildman–Crippen MR) is 35.2 cm³/mol. The molecule has 42 valence electrons. The first kappa shape index (κ1) is 5.29. The van der Waals surface area contributed by atoms with E-state index in [1.807, 2.05) is 18.2 Å². The van der Waals surface area contributed by atoms with Gasteiger partial charge in [-0.3, -0.25) is 0 Å². The van der Waals surface area contributed by atoms with E-state index in [9.17, 15) is 0 Å². The minimum absolute atomic E-state index is 0.361. The van der Waals surface area contributed by atoms with Gasteiger partial charge in [0.25, 0.3) is 0 Å². The minimum atomic E-state index is 0.361. The molecule has 0 unspecified atom stereocenters. The van der Waals surface area contributed by atoms with Gasteiger partial charge in [0.15, 0.2) is 0 Å². The summed E-state index contributed by atoms with van der Waals surface area (Å²) in [6.07, 6.45) is 10.6. The van der Waals surface area contributed by atoms with E-state index in [-0.39, 0.29) is 0 Å². The summed E-state index contributed by atoms with van der Waals surface area (Å²) in [6, 6.07) is 0. The van der Waals surface area contributed by atoms with Crippen molar-refractivity contribution in [1.82, 2.24) is 0 Å². The van der Waals surface area contributed by atoms with Gasteiger partial charge in [-0.25, -0.2) is 0 Å². The Kier molecular flexibility index (Phi) is 1.62. The molecule has 0 aromatic heterocycles. The van der Waals surface area contributed by atoms with Crippen LogP contribution in [0, 0.1) is 11.3 Å². The Morgan fingerprint density at radius 2 is 2.38 bits per heavy atom. The molecule has 0 fully saturated rings. The Morgan fingerprint density at radius 3 is 2.75 bits per heavy atom. The van der Waals surface area contributed by atoms with Crippen LogP contribution in [0.15, 0.2) is 24.3 Å². The van der Waals surface area contributed by atoms with E-state index in [1.54, 1.807) is 0 Å².